The van der Waals surface area contributed by atoms with E-state index in [9.17, 15) is 9.59 Å². The molecule has 4 heteroatoms. The third-order valence-corrected chi connectivity index (χ3v) is 1.59. The van der Waals surface area contributed by atoms with E-state index in [1.54, 1.807) is 20.8 Å². The summed E-state index contributed by atoms with van der Waals surface area (Å²) >= 11 is 0. The van der Waals surface area contributed by atoms with Gasteiger partial charge < -0.3 is 14.8 Å². The minimum atomic E-state index is -0.496. The van der Waals surface area contributed by atoms with Crippen molar-refractivity contribution in [2.45, 2.75) is 52.2 Å². The van der Waals surface area contributed by atoms with Crippen LogP contribution in [-0.2, 0) is 9.53 Å². The second-order valence-electron chi connectivity index (χ2n) is 4.15. The average Bonchev–Trinajstić information content (AvgIpc) is 2.00. The maximum absolute atomic E-state index is 11.3. The Labute approximate surface area is 85.0 Å². The highest BCUT2D eigenvalue weighted by Crippen LogP contribution is 2.07. The van der Waals surface area contributed by atoms with Crippen molar-refractivity contribution in [1.29, 1.82) is 0 Å². The topological polar surface area (TPSA) is 55.4 Å². The van der Waals surface area contributed by atoms with Crippen molar-refractivity contribution in [3.8, 4) is 0 Å². The lowest BCUT2D eigenvalue weighted by Gasteiger charge is -2.22. The van der Waals surface area contributed by atoms with Crippen molar-refractivity contribution in [3.05, 3.63) is 0 Å². The largest absolute Gasteiger partial charge is 0.444 e. The summed E-state index contributed by atoms with van der Waals surface area (Å²) in [4.78, 5) is 21.5. The summed E-state index contributed by atoms with van der Waals surface area (Å²) in [5.74, 6) is 0. The molecule has 0 fully saturated rings. The Morgan fingerprint density at radius 1 is 1.50 bits per heavy atom. The first kappa shape index (κ1) is 12.9. The minimum Gasteiger partial charge on any atom is -0.444 e. The van der Waals surface area contributed by atoms with Gasteiger partial charge in [-0.25, -0.2) is 4.79 Å². The second-order valence-corrected chi connectivity index (χ2v) is 4.15. The third-order valence-electron chi connectivity index (χ3n) is 1.59. The molecule has 0 bridgehead atoms. The Kier molecular flexibility index (Phi) is 5.20. The molecule has 0 aliphatic heterocycles. The van der Waals surface area contributed by atoms with E-state index >= 15 is 0 Å². The van der Waals surface area contributed by atoms with Gasteiger partial charge in [-0.15, -0.1) is 0 Å². The van der Waals surface area contributed by atoms with Gasteiger partial charge in [-0.05, 0) is 27.2 Å². The van der Waals surface area contributed by atoms with Crippen molar-refractivity contribution in [1.82, 2.24) is 5.32 Å². The standard InChI is InChI=1S/C10H19NO3/c1-5-8(6-7-12)11-9(13)14-10(2,3)4/h7-8H,5-6H2,1-4H3,(H,11,13)/t8-/m0/s1. The van der Waals surface area contributed by atoms with Gasteiger partial charge in [-0.2, -0.15) is 0 Å². The molecule has 0 aromatic heterocycles. The second kappa shape index (κ2) is 5.62. The van der Waals surface area contributed by atoms with E-state index in [1.165, 1.54) is 0 Å². The molecule has 0 saturated heterocycles. The number of amides is 1. The average molecular weight is 201 g/mol. The molecule has 0 aromatic rings. The lowest BCUT2D eigenvalue weighted by atomic mass is 10.2. The number of alkyl carbamates (subject to hydrolysis) is 1. The first-order valence-corrected chi connectivity index (χ1v) is 4.82. The molecule has 0 radical (unpaired) electrons. The molecule has 0 spiro atoms. The molecule has 14 heavy (non-hydrogen) atoms. The maximum atomic E-state index is 11.3. The minimum absolute atomic E-state index is 0.123. The van der Waals surface area contributed by atoms with Crippen LogP contribution in [0.5, 0.6) is 0 Å². The summed E-state index contributed by atoms with van der Waals surface area (Å²) in [5, 5.41) is 2.63. The first-order chi connectivity index (χ1) is 6.39. The van der Waals surface area contributed by atoms with Crippen LogP contribution in [0, 0.1) is 0 Å². The Balaban J connectivity index is 3.96. The fourth-order valence-corrected chi connectivity index (χ4v) is 0.918. The zero-order valence-electron chi connectivity index (χ0n) is 9.29. The van der Waals surface area contributed by atoms with Crippen molar-refractivity contribution >= 4 is 12.4 Å². The van der Waals surface area contributed by atoms with Gasteiger partial charge in [0.2, 0.25) is 0 Å². The number of rotatable bonds is 4. The van der Waals surface area contributed by atoms with Gasteiger partial charge in [0.05, 0.1) is 0 Å². The molecule has 0 aromatic carbocycles. The van der Waals surface area contributed by atoms with Crippen LogP contribution in [0.1, 0.15) is 40.5 Å². The molecule has 0 heterocycles. The Morgan fingerprint density at radius 2 is 2.07 bits per heavy atom. The summed E-state index contributed by atoms with van der Waals surface area (Å²) in [6.07, 6.45) is 1.38. The highest BCUT2D eigenvalue weighted by molar-refractivity contribution is 5.68. The Bertz CT molecular complexity index is 196. The molecule has 1 amide bonds. The van der Waals surface area contributed by atoms with Gasteiger partial charge in [0, 0.05) is 12.5 Å². The monoisotopic (exact) mass is 201 g/mol. The van der Waals surface area contributed by atoms with Crippen molar-refractivity contribution in [3.63, 3.8) is 0 Å². The summed E-state index contributed by atoms with van der Waals surface area (Å²) in [6, 6.07) is -0.123. The number of carbonyl (C=O) groups excluding carboxylic acids is 2. The molecular weight excluding hydrogens is 182 g/mol. The molecule has 0 aliphatic carbocycles. The quantitative estimate of drug-likeness (QED) is 0.706. The smallest absolute Gasteiger partial charge is 0.407 e. The van der Waals surface area contributed by atoms with Gasteiger partial charge >= 0.3 is 6.09 Å². The van der Waals surface area contributed by atoms with E-state index in [-0.39, 0.29) is 6.04 Å². The maximum Gasteiger partial charge on any atom is 0.407 e. The zero-order chi connectivity index (χ0) is 11.2. The first-order valence-electron chi connectivity index (χ1n) is 4.82. The summed E-state index contributed by atoms with van der Waals surface area (Å²) in [6.45, 7) is 7.30. The lowest BCUT2D eigenvalue weighted by Crippen LogP contribution is -2.39. The van der Waals surface area contributed by atoms with Crippen molar-refractivity contribution < 1.29 is 14.3 Å². The zero-order valence-corrected chi connectivity index (χ0v) is 9.29. The van der Waals surface area contributed by atoms with Gasteiger partial charge in [0.25, 0.3) is 0 Å². The van der Waals surface area contributed by atoms with Gasteiger partial charge in [-0.3, -0.25) is 0 Å². The molecule has 0 unspecified atom stereocenters. The third kappa shape index (κ3) is 6.46. The van der Waals surface area contributed by atoms with E-state index in [1.807, 2.05) is 6.92 Å². The van der Waals surface area contributed by atoms with E-state index in [0.29, 0.717) is 6.42 Å². The lowest BCUT2D eigenvalue weighted by molar-refractivity contribution is -0.108. The van der Waals surface area contributed by atoms with Gasteiger partial charge in [-0.1, -0.05) is 6.92 Å². The molecule has 0 saturated carbocycles. The Morgan fingerprint density at radius 3 is 2.43 bits per heavy atom. The van der Waals surface area contributed by atoms with E-state index < -0.39 is 11.7 Å². The predicted octanol–water partition coefficient (Wildman–Crippen LogP) is 1.88. The van der Waals surface area contributed by atoms with Crippen LogP contribution < -0.4 is 5.32 Å². The van der Waals surface area contributed by atoms with E-state index in [0.717, 1.165) is 12.7 Å². The summed E-state index contributed by atoms with van der Waals surface area (Å²) in [5.41, 5.74) is -0.496. The molecule has 1 atom stereocenters. The van der Waals surface area contributed by atoms with Crippen LogP contribution in [0.2, 0.25) is 0 Å². The van der Waals surface area contributed by atoms with Crippen LogP contribution in [0.15, 0.2) is 0 Å². The van der Waals surface area contributed by atoms with Crippen LogP contribution in [-0.4, -0.2) is 24.0 Å². The number of ether oxygens (including phenoxy) is 1. The Hall–Kier alpha value is -1.06. The van der Waals surface area contributed by atoms with Crippen molar-refractivity contribution in [2.75, 3.05) is 0 Å². The highest BCUT2D eigenvalue weighted by atomic mass is 16.6. The normalized spacial score (nSPS) is 13.1. The van der Waals surface area contributed by atoms with Crippen LogP contribution >= 0.6 is 0 Å². The SMILES string of the molecule is CC[C@@H](CC=O)NC(=O)OC(C)(C)C. The molecule has 82 valence electrons. The predicted molar refractivity (Wildman–Crippen MR) is 54.1 cm³/mol. The van der Waals surface area contributed by atoms with Crippen molar-refractivity contribution in [2.24, 2.45) is 0 Å². The van der Waals surface area contributed by atoms with Crippen LogP contribution in [0.4, 0.5) is 4.79 Å². The van der Waals surface area contributed by atoms with Crippen LogP contribution in [0.25, 0.3) is 0 Å². The number of carbonyl (C=O) groups is 2. The number of nitrogens with one attached hydrogen (secondary N) is 1. The van der Waals surface area contributed by atoms with E-state index in [2.05, 4.69) is 5.32 Å². The molecular formula is C10H19NO3. The molecule has 4 nitrogen and oxygen atoms in total. The van der Waals surface area contributed by atoms with Crippen LogP contribution in [0.3, 0.4) is 0 Å². The summed E-state index contributed by atoms with van der Waals surface area (Å²) < 4.78 is 5.05. The van der Waals surface area contributed by atoms with E-state index in [4.69, 9.17) is 4.74 Å². The fraction of sp³-hybridized carbons (Fsp3) is 0.800. The summed E-state index contributed by atoms with van der Waals surface area (Å²) in [7, 11) is 0. The van der Waals surface area contributed by atoms with Gasteiger partial charge in [0.1, 0.15) is 11.9 Å². The number of hydrogen-bond acceptors (Lipinski definition) is 3. The molecule has 0 rings (SSSR count). The number of hydrogen-bond donors (Lipinski definition) is 1. The highest BCUT2D eigenvalue weighted by Gasteiger charge is 2.18. The fourth-order valence-electron chi connectivity index (χ4n) is 0.918. The number of aldehydes is 1. The molecule has 1 N–H and O–H groups in total. The molecule has 0 aliphatic rings. The van der Waals surface area contributed by atoms with Gasteiger partial charge in [0.15, 0.2) is 0 Å².